The number of benzene rings is 2. The number of nitrogens with zero attached hydrogens (tertiary/aromatic N) is 1. The van der Waals surface area contributed by atoms with Gasteiger partial charge >= 0.3 is 24.1 Å². The van der Waals surface area contributed by atoms with E-state index in [1.54, 1.807) is 0 Å². The Labute approximate surface area is 217 Å². The van der Waals surface area contributed by atoms with E-state index in [9.17, 15) is 48.3 Å². The van der Waals surface area contributed by atoms with Gasteiger partial charge in [0.25, 0.3) is 0 Å². The van der Waals surface area contributed by atoms with Crippen LogP contribution in [0.3, 0.4) is 0 Å². The standard InChI is InChI=1S/C25H21F8NO4S/c26-16-3-5-17(6-4-16)39(36,37)22-10-9-20(34-11-12-38-21(34)35)19(22)7-1-14-13-15(2-8-18(14)22)23(27,24(28,29)30)25(31,32)33/h2-6,8,13,19-20H,1,7,9-12H2/t19?,20-,22-/m1/s1. The summed E-state index contributed by atoms with van der Waals surface area (Å²) in [7, 11) is -4.46. The molecule has 0 spiro atoms. The molecule has 5 nitrogen and oxygen atoms in total. The lowest BCUT2D eigenvalue weighted by Gasteiger charge is -2.43. The van der Waals surface area contributed by atoms with Gasteiger partial charge in [0, 0.05) is 17.5 Å². The number of carbonyl (C=O) groups is 1. The molecule has 0 N–H and O–H groups in total. The lowest BCUT2D eigenvalue weighted by atomic mass is 9.73. The minimum Gasteiger partial charge on any atom is -0.448 e. The number of fused-ring (bicyclic) bond motifs is 3. The van der Waals surface area contributed by atoms with Gasteiger partial charge in [0.15, 0.2) is 9.84 Å². The molecular weight excluding hydrogens is 562 g/mol. The molecule has 5 rings (SSSR count). The summed E-state index contributed by atoms with van der Waals surface area (Å²) in [6.07, 6.45) is -13.5. The maximum absolute atomic E-state index is 14.9. The van der Waals surface area contributed by atoms with E-state index in [0.29, 0.717) is 12.1 Å². The highest BCUT2D eigenvalue weighted by Crippen LogP contribution is 2.60. The number of hydrogen-bond donors (Lipinski definition) is 0. The van der Waals surface area contributed by atoms with Crippen LogP contribution in [0.4, 0.5) is 39.9 Å². The SMILES string of the molecule is O=C1OCCN1[C@@H]1CC[C@@]2(S(=O)(=O)c3ccc(F)cc3)c3ccc(C(F)(C(F)(F)F)C(F)(F)F)cc3CCC12. The van der Waals surface area contributed by atoms with Gasteiger partial charge in [0.2, 0.25) is 0 Å². The molecule has 39 heavy (non-hydrogen) atoms. The summed E-state index contributed by atoms with van der Waals surface area (Å²) in [5, 5.41) is 0. The van der Waals surface area contributed by atoms with Gasteiger partial charge in [-0.3, -0.25) is 0 Å². The molecule has 3 aliphatic rings. The van der Waals surface area contributed by atoms with Crippen LogP contribution in [0.5, 0.6) is 0 Å². The highest BCUT2D eigenvalue weighted by Gasteiger charge is 2.74. The van der Waals surface area contributed by atoms with E-state index in [1.807, 2.05) is 0 Å². The predicted molar refractivity (Wildman–Crippen MR) is 119 cm³/mol. The summed E-state index contributed by atoms with van der Waals surface area (Å²) < 4.78 is 141. The van der Waals surface area contributed by atoms with Gasteiger partial charge in [-0.1, -0.05) is 18.2 Å². The Kier molecular flexibility index (Phi) is 6.24. The molecule has 2 aromatic carbocycles. The van der Waals surface area contributed by atoms with Gasteiger partial charge < -0.3 is 9.64 Å². The fourth-order valence-corrected chi connectivity index (χ4v) is 8.89. The van der Waals surface area contributed by atoms with Crippen molar-refractivity contribution in [3.05, 3.63) is 65.0 Å². The molecule has 1 saturated heterocycles. The van der Waals surface area contributed by atoms with E-state index in [-0.39, 0.29) is 54.9 Å². The van der Waals surface area contributed by atoms with Gasteiger partial charge in [0.1, 0.15) is 17.2 Å². The average molecular weight is 583 g/mol. The zero-order valence-electron chi connectivity index (χ0n) is 20.0. The van der Waals surface area contributed by atoms with Crippen molar-refractivity contribution < 1.29 is 53.1 Å². The van der Waals surface area contributed by atoms with Crippen LogP contribution in [-0.4, -0.2) is 51.0 Å². The number of rotatable bonds is 4. The summed E-state index contributed by atoms with van der Waals surface area (Å²) >= 11 is 0. The van der Waals surface area contributed by atoms with Crippen LogP contribution in [-0.2, 0) is 31.4 Å². The molecule has 0 radical (unpaired) electrons. The molecule has 0 aromatic heterocycles. The predicted octanol–water partition coefficient (Wildman–Crippen LogP) is 5.96. The number of ether oxygens (including phenoxy) is 1. The van der Waals surface area contributed by atoms with Crippen molar-refractivity contribution in [2.45, 2.75) is 59.4 Å². The van der Waals surface area contributed by atoms with Gasteiger partial charge in [-0.15, -0.1) is 0 Å². The summed E-state index contributed by atoms with van der Waals surface area (Å²) in [5.41, 5.74) is -7.61. The van der Waals surface area contributed by atoms with Gasteiger partial charge in [-0.05, 0) is 61.1 Å². The number of carbonyl (C=O) groups excluding carboxylic acids is 1. The second-order valence-corrected chi connectivity index (χ2v) is 12.1. The number of amides is 1. The number of alkyl halides is 7. The smallest absolute Gasteiger partial charge is 0.435 e. The first-order valence-corrected chi connectivity index (χ1v) is 13.4. The lowest BCUT2D eigenvalue weighted by Crippen LogP contribution is -2.51. The van der Waals surface area contributed by atoms with E-state index in [4.69, 9.17) is 4.74 Å². The van der Waals surface area contributed by atoms with E-state index < -0.39 is 62.0 Å². The Hall–Kier alpha value is -2.90. The molecule has 1 aliphatic heterocycles. The Morgan fingerprint density at radius 3 is 2.13 bits per heavy atom. The van der Waals surface area contributed by atoms with Crippen molar-refractivity contribution in [2.24, 2.45) is 5.92 Å². The molecule has 0 bridgehead atoms. The minimum atomic E-state index is -6.33. The molecule has 2 aromatic rings. The Morgan fingerprint density at radius 2 is 1.56 bits per heavy atom. The summed E-state index contributed by atoms with van der Waals surface area (Å²) in [6, 6.07) is 4.81. The van der Waals surface area contributed by atoms with E-state index in [2.05, 4.69) is 0 Å². The van der Waals surface area contributed by atoms with Gasteiger partial charge in [-0.25, -0.2) is 22.0 Å². The van der Waals surface area contributed by atoms with Crippen molar-refractivity contribution in [1.29, 1.82) is 0 Å². The first kappa shape index (κ1) is 27.7. The van der Waals surface area contributed by atoms with Crippen molar-refractivity contribution in [1.82, 2.24) is 4.90 Å². The van der Waals surface area contributed by atoms with Gasteiger partial charge in [-0.2, -0.15) is 26.3 Å². The normalized spacial score (nSPS) is 25.8. The maximum Gasteiger partial charge on any atom is 0.435 e. The lowest BCUT2D eigenvalue weighted by molar-refractivity contribution is -0.348. The molecule has 14 heteroatoms. The fraction of sp³-hybridized carbons (Fsp3) is 0.480. The minimum absolute atomic E-state index is 0.0252. The number of cyclic esters (lactones) is 1. The second kappa shape index (κ2) is 8.80. The number of halogens is 8. The van der Waals surface area contributed by atoms with Crippen LogP contribution in [0, 0.1) is 11.7 Å². The van der Waals surface area contributed by atoms with Crippen LogP contribution in [0.25, 0.3) is 0 Å². The number of sulfone groups is 1. The van der Waals surface area contributed by atoms with E-state index in [1.165, 1.54) is 4.90 Å². The van der Waals surface area contributed by atoms with Crippen LogP contribution >= 0.6 is 0 Å². The topological polar surface area (TPSA) is 63.7 Å². The monoisotopic (exact) mass is 583 g/mol. The molecule has 1 heterocycles. The van der Waals surface area contributed by atoms with Crippen molar-refractivity contribution in [2.75, 3.05) is 13.2 Å². The third kappa shape index (κ3) is 3.84. The number of hydrogen-bond acceptors (Lipinski definition) is 4. The van der Waals surface area contributed by atoms with Crippen LogP contribution in [0.2, 0.25) is 0 Å². The molecule has 212 valence electrons. The van der Waals surface area contributed by atoms with Crippen LogP contribution in [0.15, 0.2) is 47.4 Å². The van der Waals surface area contributed by atoms with E-state index >= 15 is 0 Å². The maximum atomic E-state index is 14.9. The zero-order valence-corrected chi connectivity index (χ0v) is 20.8. The zero-order chi connectivity index (χ0) is 28.6. The Morgan fingerprint density at radius 1 is 0.923 bits per heavy atom. The third-order valence-corrected chi connectivity index (χ3v) is 10.7. The van der Waals surface area contributed by atoms with Crippen molar-refractivity contribution in [3.8, 4) is 0 Å². The summed E-state index contributed by atoms with van der Waals surface area (Å²) in [4.78, 5) is 13.4. The largest absolute Gasteiger partial charge is 0.448 e. The summed E-state index contributed by atoms with van der Waals surface area (Å²) in [5.74, 6) is -1.53. The first-order valence-electron chi connectivity index (χ1n) is 12.0. The second-order valence-electron chi connectivity index (χ2n) is 9.93. The molecule has 1 amide bonds. The van der Waals surface area contributed by atoms with Crippen molar-refractivity contribution in [3.63, 3.8) is 0 Å². The third-order valence-electron chi connectivity index (χ3n) is 8.14. The highest BCUT2D eigenvalue weighted by molar-refractivity contribution is 7.92. The highest BCUT2D eigenvalue weighted by atomic mass is 32.2. The van der Waals surface area contributed by atoms with Gasteiger partial charge in [0.05, 0.1) is 11.4 Å². The van der Waals surface area contributed by atoms with E-state index in [0.717, 1.165) is 30.3 Å². The quantitative estimate of drug-likeness (QED) is 0.329. The Bertz CT molecular complexity index is 1390. The fourth-order valence-electron chi connectivity index (χ4n) is 6.43. The van der Waals surface area contributed by atoms with Crippen molar-refractivity contribution >= 4 is 15.9 Å². The Balaban J connectivity index is 1.71. The molecule has 2 aliphatic carbocycles. The van der Waals surface area contributed by atoms with Crippen LogP contribution in [0.1, 0.15) is 36.0 Å². The molecule has 3 atom stereocenters. The van der Waals surface area contributed by atoms with Crippen LogP contribution < -0.4 is 0 Å². The molecule has 1 saturated carbocycles. The number of aryl methyl sites for hydroxylation is 1. The summed E-state index contributed by atoms with van der Waals surface area (Å²) in [6.45, 7) is 0.257. The molecule has 1 unspecified atom stereocenters. The molecule has 2 fully saturated rings. The average Bonchev–Trinajstić information content (AvgIpc) is 3.46. The first-order chi connectivity index (χ1) is 18.1. The molecular formula is C25H21F8NO4S.